The molecule has 2 rings (SSSR count). The number of nitrogens with one attached hydrogen (secondary N) is 2. The Kier molecular flexibility index (Phi) is 1.46. The molecule has 0 spiro atoms. The van der Waals surface area contributed by atoms with Crippen molar-refractivity contribution in [3.8, 4) is 0 Å². The topological polar surface area (TPSA) is 57.8 Å². The van der Waals surface area contributed by atoms with Crippen molar-refractivity contribution in [2.75, 3.05) is 6.54 Å². The maximum Gasteiger partial charge on any atom is 0.247 e. The maximum atomic E-state index is 11.1. The van der Waals surface area contributed by atoms with Crippen LogP contribution in [0.1, 0.15) is 12.6 Å². The predicted octanol–water partition coefficient (Wildman–Crippen LogP) is 0.313. The van der Waals surface area contributed by atoms with Crippen molar-refractivity contribution in [2.24, 2.45) is 0 Å². The Bertz CT molecular complexity index is 337. The van der Waals surface area contributed by atoms with Crippen molar-refractivity contribution in [2.45, 2.75) is 6.92 Å². The molecule has 0 aromatic carbocycles. The first-order valence-corrected chi connectivity index (χ1v) is 3.77. The monoisotopic (exact) mass is 163 g/mol. The molecule has 1 amide bonds. The molecule has 1 aromatic rings. The van der Waals surface area contributed by atoms with Crippen LogP contribution in [0.4, 0.5) is 0 Å². The number of aromatic amines is 1. The van der Waals surface area contributed by atoms with Crippen LogP contribution in [0.5, 0.6) is 0 Å². The zero-order chi connectivity index (χ0) is 8.55. The number of hydrogen-bond donors (Lipinski definition) is 2. The molecular weight excluding hydrogens is 154 g/mol. The zero-order valence-electron chi connectivity index (χ0n) is 6.72. The molecule has 0 fully saturated rings. The number of aromatic nitrogens is 2. The Labute approximate surface area is 69.7 Å². The van der Waals surface area contributed by atoms with Gasteiger partial charge >= 0.3 is 0 Å². The highest BCUT2D eigenvalue weighted by Crippen LogP contribution is 2.19. The third-order valence-corrected chi connectivity index (χ3v) is 2.03. The smallest absolute Gasteiger partial charge is 0.247 e. The van der Waals surface area contributed by atoms with Crippen LogP contribution in [0.25, 0.3) is 5.57 Å². The zero-order valence-corrected chi connectivity index (χ0v) is 6.72. The lowest BCUT2D eigenvalue weighted by atomic mass is 10.1. The van der Waals surface area contributed by atoms with E-state index in [-0.39, 0.29) is 5.91 Å². The quantitative estimate of drug-likeness (QED) is 0.626. The molecular formula is C8H9N3O. The third-order valence-electron chi connectivity index (χ3n) is 2.03. The summed E-state index contributed by atoms with van der Waals surface area (Å²) in [7, 11) is 0. The van der Waals surface area contributed by atoms with Gasteiger partial charge in [-0.3, -0.25) is 9.89 Å². The van der Waals surface area contributed by atoms with E-state index in [1.165, 1.54) is 0 Å². The standard InChI is InChI=1S/C8H9N3O/c1-5-6(4-9-8(5)12)7-2-3-10-11-7/h2-3H,4H2,1H3,(H,9,12)(H,10,11). The maximum absolute atomic E-state index is 11.1. The molecule has 0 bridgehead atoms. The van der Waals surface area contributed by atoms with Crippen LogP contribution >= 0.6 is 0 Å². The molecule has 1 aromatic heterocycles. The molecule has 62 valence electrons. The van der Waals surface area contributed by atoms with E-state index in [9.17, 15) is 4.79 Å². The van der Waals surface area contributed by atoms with Gasteiger partial charge in [0.1, 0.15) is 0 Å². The molecule has 1 aliphatic heterocycles. The van der Waals surface area contributed by atoms with Crippen LogP contribution in [0.2, 0.25) is 0 Å². The van der Waals surface area contributed by atoms with E-state index in [2.05, 4.69) is 15.5 Å². The van der Waals surface area contributed by atoms with E-state index in [4.69, 9.17) is 0 Å². The summed E-state index contributed by atoms with van der Waals surface area (Å²) in [5.41, 5.74) is 2.61. The summed E-state index contributed by atoms with van der Waals surface area (Å²) < 4.78 is 0. The van der Waals surface area contributed by atoms with E-state index >= 15 is 0 Å². The van der Waals surface area contributed by atoms with Gasteiger partial charge in [-0.1, -0.05) is 0 Å². The molecule has 12 heavy (non-hydrogen) atoms. The van der Waals surface area contributed by atoms with Gasteiger partial charge in [-0.15, -0.1) is 0 Å². The molecule has 4 heteroatoms. The van der Waals surface area contributed by atoms with Crippen LogP contribution in [-0.4, -0.2) is 22.6 Å². The van der Waals surface area contributed by atoms with Crippen LogP contribution in [0, 0.1) is 0 Å². The molecule has 0 saturated heterocycles. The molecule has 0 atom stereocenters. The second-order valence-electron chi connectivity index (χ2n) is 2.75. The van der Waals surface area contributed by atoms with Gasteiger partial charge in [0.2, 0.25) is 5.91 Å². The summed E-state index contributed by atoms with van der Waals surface area (Å²) in [6.45, 7) is 2.40. The van der Waals surface area contributed by atoms with Crippen LogP contribution in [0.15, 0.2) is 17.8 Å². The summed E-state index contributed by atoms with van der Waals surface area (Å²) in [5.74, 6) is 0.00741. The molecule has 2 heterocycles. The van der Waals surface area contributed by atoms with Crippen LogP contribution in [0.3, 0.4) is 0 Å². The Hall–Kier alpha value is -1.58. The largest absolute Gasteiger partial charge is 0.348 e. The average molecular weight is 163 g/mol. The fourth-order valence-corrected chi connectivity index (χ4v) is 1.28. The van der Waals surface area contributed by atoms with Crippen molar-refractivity contribution in [1.29, 1.82) is 0 Å². The molecule has 0 aliphatic carbocycles. The predicted molar refractivity (Wildman–Crippen MR) is 44.2 cm³/mol. The van der Waals surface area contributed by atoms with Crippen LogP contribution in [-0.2, 0) is 4.79 Å². The van der Waals surface area contributed by atoms with Gasteiger partial charge in [0.05, 0.1) is 5.69 Å². The van der Waals surface area contributed by atoms with E-state index in [0.717, 1.165) is 16.8 Å². The van der Waals surface area contributed by atoms with Gasteiger partial charge in [-0.25, -0.2) is 0 Å². The van der Waals surface area contributed by atoms with E-state index < -0.39 is 0 Å². The van der Waals surface area contributed by atoms with Crippen LogP contribution < -0.4 is 5.32 Å². The van der Waals surface area contributed by atoms with Crippen molar-refractivity contribution < 1.29 is 4.79 Å². The molecule has 0 saturated carbocycles. The Morgan fingerprint density at radius 3 is 2.92 bits per heavy atom. The molecule has 4 nitrogen and oxygen atoms in total. The summed E-state index contributed by atoms with van der Waals surface area (Å²) in [4.78, 5) is 11.1. The first kappa shape index (κ1) is 7.09. The van der Waals surface area contributed by atoms with Crippen molar-refractivity contribution in [1.82, 2.24) is 15.5 Å². The van der Waals surface area contributed by atoms with Gasteiger partial charge in [-0.2, -0.15) is 5.10 Å². The van der Waals surface area contributed by atoms with E-state index in [1.54, 1.807) is 6.20 Å². The average Bonchev–Trinajstić information content (AvgIpc) is 2.64. The number of carbonyl (C=O) groups is 1. The highest BCUT2D eigenvalue weighted by molar-refractivity contribution is 6.05. The third kappa shape index (κ3) is 0.922. The highest BCUT2D eigenvalue weighted by Gasteiger charge is 2.20. The van der Waals surface area contributed by atoms with Gasteiger partial charge in [-0.05, 0) is 13.0 Å². The minimum atomic E-state index is 0.00741. The lowest BCUT2D eigenvalue weighted by molar-refractivity contribution is -0.116. The van der Waals surface area contributed by atoms with Crippen molar-refractivity contribution >= 4 is 11.5 Å². The first-order chi connectivity index (χ1) is 5.79. The number of amides is 1. The number of hydrogen-bond acceptors (Lipinski definition) is 2. The summed E-state index contributed by atoms with van der Waals surface area (Å²) in [5, 5.41) is 9.47. The fraction of sp³-hybridized carbons (Fsp3) is 0.250. The second kappa shape index (κ2) is 2.48. The minimum absolute atomic E-state index is 0.00741. The minimum Gasteiger partial charge on any atom is -0.348 e. The first-order valence-electron chi connectivity index (χ1n) is 3.77. The van der Waals surface area contributed by atoms with E-state index in [1.807, 2.05) is 13.0 Å². The van der Waals surface area contributed by atoms with Gasteiger partial charge in [0, 0.05) is 23.9 Å². The number of rotatable bonds is 1. The molecule has 1 aliphatic rings. The van der Waals surface area contributed by atoms with Gasteiger partial charge < -0.3 is 5.32 Å². The Morgan fingerprint density at radius 2 is 2.42 bits per heavy atom. The molecule has 0 radical (unpaired) electrons. The van der Waals surface area contributed by atoms with Gasteiger partial charge in [0.15, 0.2) is 0 Å². The number of carbonyl (C=O) groups excluding carboxylic acids is 1. The lowest BCUT2D eigenvalue weighted by Crippen LogP contribution is -2.16. The van der Waals surface area contributed by atoms with Gasteiger partial charge in [0.25, 0.3) is 0 Å². The molecule has 2 N–H and O–H groups in total. The lowest BCUT2D eigenvalue weighted by Gasteiger charge is -1.93. The number of H-pyrrole nitrogens is 1. The SMILES string of the molecule is CC1=C(c2cc[nH]n2)CNC1=O. The normalized spacial score (nSPS) is 16.9. The number of nitrogens with zero attached hydrogens (tertiary/aromatic N) is 1. The van der Waals surface area contributed by atoms with E-state index in [0.29, 0.717) is 6.54 Å². The fourth-order valence-electron chi connectivity index (χ4n) is 1.28. The Balaban J connectivity index is 2.43. The summed E-state index contributed by atoms with van der Waals surface area (Å²) in [6.07, 6.45) is 1.75. The second-order valence-corrected chi connectivity index (χ2v) is 2.75. The molecule has 0 unspecified atom stereocenters. The summed E-state index contributed by atoms with van der Waals surface area (Å²) in [6, 6.07) is 1.86. The van der Waals surface area contributed by atoms with Crippen molar-refractivity contribution in [3.05, 3.63) is 23.5 Å². The van der Waals surface area contributed by atoms with Crippen molar-refractivity contribution in [3.63, 3.8) is 0 Å². The Morgan fingerprint density at radius 1 is 1.58 bits per heavy atom. The highest BCUT2D eigenvalue weighted by atomic mass is 16.1. The summed E-state index contributed by atoms with van der Waals surface area (Å²) >= 11 is 0.